The van der Waals surface area contributed by atoms with Gasteiger partial charge in [0.15, 0.2) is 0 Å². The summed E-state index contributed by atoms with van der Waals surface area (Å²) in [6, 6.07) is 0. The molecule has 0 unspecified atom stereocenters. The minimum atomic E-state index is 1.04. The highest BCUT2D eigenvalue weighted by Gasteiger charge is 2.21. The molecule has 1 saturated heterocycles. The fourth-order valence-corrected chi connectivity index (χ4v) is 2.05. The van der Waals surface area contributed by atoms with Gasteiger partial charge >= 0.3 is 0 Å². The van der Waals surface area contributed by atoms with Gasteiger partial charge in [0.2, 0.25) is 0 Å². The summed E-state index contributed by atoms with van der Waals surface area (Å²) in [5, 5.41) is 0. The van der Waals surface area contributed by atoms with Crippen molar-refractivity contribution in [2.45, 2.75) is 45.4 Å². The van der Waals surface area contributed by atoms with E-state index in [0.717, 1.165) is 5.92 Å². The van der Waals surface area contributed by atoms with Gasteiger partial charge in [-0.3, -0.25) is 0 Å². The molecule has 1 heterocycles. The molecule has 0 saturated carbocycles. The molecule has 1 aliphatic rings. The van der Waals surface area contributed by atoms with Crippen LogP contribution in [0.25, 0.3) is 0 Å². The van der Waals surface area contributed by atoms with Crippen molar-refractivity contribution in [3.05, 3.63) is 0 Å². The fourth-order valence-electron chi connectivity index (χ4n) is 2.05. The number of nitrogens with zero attached hydrogens (tertiary/aromatic N) is 1. The van der Waals surface area contributed by atoms with E-state index in [4.69, 9.17) is 0 Å². The van der Waals surface area contributed by atoms with Crippen molar-refractivity contribution < 1.29 is 0 Å². The summed E-state index contributed by atoms with van der Waals surface area (Å²) in [5.74, 6) is 1.04. The van der Waals surface area contributed by atoms with E-state index in [1.807, 2.05) is 0 Å². The van der Waals surface area contributed by atoms with Gasteiger partial charge in [-0.05, 0) is 19.4 Å². The summed E-state index contributed by atoms with van der Waals surface area (Å²) in [4.78, 5) is 2.41. The molecule has 0 amide bonds. The van der Waals surface area contributed by atoms with E-state index in [9.17, 15) is 0 Å². The summed E-state index contributed by atoms with van der Waals surface area (Å²) in [6.07, 6.45) is 8.68. The number of unbranched alkanes of at least 4 members (excludes halogenated alkanes) is 4. The molecular formula is C11H23N. The molecule has 72 valence electrons. The van der Waals surface area contributed by atoms with Crippen LogP contribution in [0.3, 0.4) is 0 Å². The van der Waals surface area contributed by atoms with Gasteiger partial charge < -0.3 is 4.90 Å². The molecule has 1 heteroatoms. The standard InChI is InChI=1S/C11H23N/c1-3-4-5-6-7-8-11-9-12(2)10-11/h11H,3-10H2,1-2H3. The molecule has 0 aliphatic carbocycles. The highest BCUT2D eigenvalue weighted by Crippen LogP contribution is 2.19. The second kappa shape index (κ2) is 5.58. The van der Waals surface area contributed by atoms with Gasteiger partial charge in [-0.2, -0.15) is 0 Å². The Bertz CT molecular complexity index is 106. The second-order valence-electron chi connectivity index (χ2n) is 4.29. The van der Waals surface area contributed by atoms with Crippen molar-refractivity contribution >= 4 is 0 Å². The predicted molar refractivity (Wildman–Crippen MR) is 54.4 cm³/mol. The smallest absolute Gasteiger partial charge is 0.00190 e. The lowest BCUT2D eigenvalue weighted by Gasteiger charge is -2.36. The van der Waals surface area contributed by atoms with Crippen LogP contribution >= 0.6 is 0 Å². The summed E-state index contributed by atoms with van der Waals surface area (Å²) in [6.45, 7) is 4.99. The van der Waals surface area contributed by atoms with Crippen molar-refractivity contribution in [2.75, 3.05) is 20.1 Å². The topological polar surface area (TPSA) is 3.24 Å². The lowest BCUT2D eigenvalue weighted by atomic mass is 9.94. The zero-order valence-corrected chi connectivity index (χ0v) is 8.68. The van der Waals surface area contributed by atoms with E-state index in [0.29, 0.717) is 0 Å². The first-order valence-corrected chi connectivity index (χ1v) is 5.51. The molecule has 0 spiro atoms. The van der Waals surface area contributed by atoms with Crippen LogP contribution < -0.4 is 0 Å². The van der Waals surface area contributed by atoms with Gasteiger partial charge in [0.1, 0.15) is 0 Å². The maximum Gasteiger partial charge on any atom is 0.00190 e. The molecule has 0 aromatic rings. The van der Waals surface area contributed by atoms with Gasteiger partial charge in [-0.25, -0.2) is 0 Å². The third-order valence-electron chi connectivity index (χ3n) is 2.86. The Labute approximate surface area is 77.1 Å². The van der Waals surface area contributed by atoms with Gasteiger partial charge in [0, 0.05) is 13.1 Å². The molecule has 0 bridgehead atoms. The quantitative estimate of drug-likeness (QED) is 0.553. The number of likely N-dealkylation sites (tertiary alicyclic amines) is 1. The lowest BCUT2D eigenvalue weighted by Crippen LogP contribution is -2.43. The van der Waals surface area contributed by atoms with Crippen molar-refractivity contribution in [3.8, 4) is 0 Å². The third kappa shape index (κ3) is 3.57. The molecule has 0 atom stereocenters. The van der Waals surface area contributed by atoms with Gasteiger partial charge in [0.05, 0.1) is 0 Å². The normalized spacial score (nSPS) is 19.5. The number of hydrogen-bond donors (Lipinski definition) is 0. The lowest BCUT2D eigenvalue weighted by molar-refractivity contribution is 0.124. The Morgan fingerprint density at radius 3 is 2.33 bits per heavy atom. The molecule has 1 aliphatic heterocycles. The van der Waals surface area contributed by atoms with Crippen LogP contribution in [-0.4, -0.2) is 25.0 Å². The van der Waals surface area contributed by atoms with E-state index >= 15 is 0 Å². The maximum atomic E-state index is 2.41. The second-order valence-corrected chi connectivity index (χ2v) is 4.29. The van der Waals surface area contributed by atoms with Crippen molar-refractivity contribution in [2.24, 2.45) is 5.92 Å². The minimum Gasteiger partial charge on any atom is -0.306 e. The van der Waals surface area contributed by atoms with Crippen LogP contribution in [0.2, 0.25) is 0 Å². The van der Waals surface area contributed by atoms with Crippen LogP contribution in [0.5, 0.6) is 0 Å². The average molecular weight is 169 g/mol. The molecule has 0 N–H and O–H groups in total. The minimum absolute atomic E-state index is 1.04. The van der Waals surface area contributed by atoms with Gasteiger partial charge in [0.25, 0.3) is 0 Å². The van der Waals surface area contributed by atoms with E-state index in [2.05, 4.69) is 18.9 Å². The van der Waals surface area contributed by atoms with E-state index in [1.54, 1.807) is 0 Å². The third-order valence-corrected chi connectivity index (χ3v) is 2.86. The Kier molecular flexibility index (Phi) is 4.67. The summed E-state index contributed by atoms with van der Waals surface area (Å²) < 4.78 is 0. The average Bonchev–Trinajstić information content (AvgIpc) is 2.00. The van der Waals surface area contributed by atoms with Crippen molar-refractivity contribution in [1.82, 2.24) is 4.90 Å². The zero-order valence-electron chi connectivity index (χ0n) is 8.68. The Hall–Kier alpha value is -0.0400. The Morgan fingerprint density at radius 2 is 1.75 bits per heavy atom. The Balaban J connectivity index is 1.77. The molecule has 1 nitrogen and oxygen atoms in total. The molecule has 12 heavy (non-hydrogen) atoms. The first kappa shape index (κ1) is 10.0. The van der Waals surface area contributed by atoms with Crippen LogP contribution in [0.4, 0.5) is 0 Å². The number of rotatable bonds is 6. The largest absolute Gasteiger partial charge is 0.306 e. The van der Waals surface area contributed by atoms with Gasteiger partial charge in [-0.15, -0.1) is 0 Å². The summed E-state index contributed by atoms with van der Waals surface area (Å²) in [7, 11) is 2.22. The van der Waals surface area contributed by atoms with Crippen LogP contribution in [0.15, 0.2) is 0 Å². The first-order chi connectivity index (χ1) is 5.83. The molecular weight excluding hydrogens is 146 g/mol. The molecule has 0 aromatic carbocycles. The molecule has 0 radical (unpaired) electrons. The monoisotopic (exact) mass is 169 g/mol. The molecule has 0 aromatic heterocycles. The van der Waals surface area contributed by atoms with E-state index in [1.165, 1.54) is 51.6 Å². The zero-order chi connectivity index (χ0) is 8.81. The fraction of sp³-hybridized carbons (Fsp3) is 1.00. The van der Waals surface area contributed by atoms with Crippen LogP contribution in [0, 0.1) is 5.92 Å². The molecule has 1 fully saturated rings. The highest BCUT2D eigenvalue weighted by atomic mass is 15.2. The van der Waals surface area contributed by atoms with Crippen molar-refractivity contribution in [1.29, 1.82) is 0 Å². The van der Waals surface area contributed by atoms with Gasteiger partial charge in [-0.1, -0.05) is 39.0 Å². The molecule has 1 rings (SSSR count). The summed E-state index contributed by atoms with van der Waals surface area (Å²) >= 11 is 0. The maximum absolute atomic E-state index is 2.41. The van der Waals surface area contributed by atoms with Crippen LogP contribution in [0.1, 0.15) is 45.4 Å². The van der Waals surface area contributed by atoms with Crippen LogP contribution in [-0.2, 0) is 0 Å². The first-order valence-electron chi connectivity index (χ1n) is 5.51. The number of hydrogen-bond acceptors (Lipinski definition) is 1. The van der Waals surface area contributed by atoms with E-state index < -0.39 is 0 Å². The highest BCUT2D eigenvalue weighted by molar-refractivity contribution is 4.76. The summed E-state index contributed by atoms with van der Waals surface area (Å²) in [5.41, 5.74) is 0. The van der Waals surface area contributed by atoms with E-state index in [-0.39, 0.29) is 0 Å². The predicted octanol–water partition coefficient (Wildman–Crippen LogP) is 2.91. The Morgan fingerprint density at radius 1 is 1.08 bits per heavy atom. The van der Waals surface area contributed by atoms with Crippen molar-refractivity contribution in [3.63, 3.8) is 0 Å². The SMILES string of the molecule is CCCCCCCC1CN(C)C1.